The number of hydrogen-bond acceptors (Lipinski definition) is 2. The zero-order valence-corrected chi connectivity index (χ0v) is 11.6. The van der Waals surface area contributed by atoms with Crippen LogP contribution in [0.3, 0.4) is 0 Å². The van der Waals surface area contributed by atoms with Gasteiger partial charge in [-0.25, -0.2) is 0 Å². The molecule has 0 spiro atoms. The van der Waals surface area contributed by atoms with Gasteiger partial charge in [-0.2, -0.15) is 0 Å². The second kappa shape index (κ2) is 8.84. The maximum absolute atomic E-state index is 11.4. The quantitative estimate of drug-likeness (QED) is 0.478. The molecule has 0 aromatic heterocycles. The summed E-state index contributed by atoms with van der Waals surface area (Å²) in [5, 5.41) is 9.20. The van der Waals surface area contributed by atoms with Gasteiger partial charge in [-0.05, 0) is 27.2 Å². The van der Waals surface area contributed by atoms with Gasteiger partial charge in [0.05, 0.1) is 0 Å². The maximum Gasteiger partial charge on any atom is 0.221 e. The highest BCUT2D eigenvalue weighted by atomic mass is 16.1. The van der Waals surface area contributed by atoms with Gasteiger partial charge in [0.25, 0.3) is 0 Å². The van der Waals surface area contributed by atoms with Crippen molar-refractivity contribution in [3.05, 3.63) is 0 Å². The van der Waals surface area contributed by atoms with Crippen LogP contribution in [0.15, 0.2) is 4.99 Å². The SMILES string of the molecule is CCC(C)NC(=NC)NCCC(=O)NC(C)C. The molecule has 0 aromatic rings. The molecular weight excluding hydrogens is 216 g/mol. The first-order valence-electron chi connectivity index (χ1n) is 6.26. The summed E-state index contributed by atoms with van der Waals surface area (Å²) in [5.74, 6) is 0.809. The van der Waals surface area contributed by atoms with E-state index in [-0.39, 0.29) is 11.9 Å². The lowest BCUT2D eigenvalue weighted by atomic mass is 10.3. The lowest BCUT2D eigenvalue weighted by Crippen LogP contribution is -2.43. The third-order valence-corrected chi connectivity index (χ3v) is 2.31. The minimum absolute atomic E-state index is 0.0616. The van der Waals surface area contributed by atoms with Gasteiger partial charge in [-0.1, -0.05) is 6.92 Å². The van der Waals surface area contributed by atoms with Gasteiger partial charge < -0.3 is 16.0 Å². The summed E-state index contributed by atoms with van der Waals surface area (Å²) < 4.78 is 0. The Morgan fingerprint density at radius 1 is 1.24 bits per heavy atom. The molecule has 5 nitrogen and oxygen atoms in total. The zero-order valence-electron chi connectivity index (χ0n) is 11.6. The molecule has 0 aromatic carbocycles. The highest BCUT2D eigenvalue weighted by Gasteiger charge is 2.05. The van der Waals surface area contributed by atoms with Gasteiger partial charge in [0.2, 0.25) is 5.91 Å². The largest absolute Gasteiger partial charge is 0.356 e. The van der Waals surface area contributed by atoms with Crippen molar-refractivity contribution >= 4 is 11.9 Å². The molecule has 5 heteroatoms. The lowest BCUT2D eigenvalue weighted by Gasteiger charge is -2.16. The topological polar surface area (TPSA) is 65.5 Å². The van der Waals surface area contributed by atoms with Crippen LogP contribution in [-0.2, 0) is 4.79 Å². The zero-order chi connectivity index (χ0) is 13.3. The summed E-state index contributed by atoms with van der Waals surface area (Å²) in [5.41, 5.74) is 0. The second-order valence-electron chi connectivity index (χ2n) is 4.42. The average molecular weight is 242 g/mol. The van der Waals surface area contributed by atoms with Crippen molar-refractivity contribution in [3.8, 4) is 0 Å². The summed E-state index contributed by atoms with van der Waals surface area (Å²) in [6.07, 6.45) is 1.49. The third-order valence-electron chi connectivity index (χ3n) is 2.31. The van der Waals surface area contributed by atoms with E-state index in [0.717, 1.165) is 12.4 Å². The lowest BCUT2D eigenvalue weighted by molar-refractivity contribution is -0.121. The van der Waals surface area contributed by atoms with Gasteiger partial charge in [-0.3, -0.25) is 9.79 Å². The molecule has 1 amide bonds. The van der Waals surface area contributed by atoms with Crippen LogP contribution in [0, 0.1) is 0 Å². The first kappa shape index (κ1) is 15.7. The predicted octanol–water partition coefficient (Wildman–Crippen LogP) is 0.865. The molecule has 1 atom stereocenters. The van der Waals surface area contributed by atoms with Crippen molar-refractivity contribution in [1.82, 2.24) is 16.0 Å². The molecular formula is C12H26N4O. The molecule has 0 radical (unpaired) electrons. The molecule has 3 N–H and O–H groups in total. The fraction of sp³-hybridized carbons (Fsp3) is 0.833. The molecule has 0 saturated heterocycles. The number of nitrogens with zero attached hydrogens (tertiary/aromatic N) is 1. The summed E-state index contributed by atoms with van der Waals surface area (Å²) in [7, 11) is 1.73. The second-order valence-corrected chi connectivity index (χ2v) is 4.42. The monoisotopic (exact) mass is 242 g/mol. The first-order valence-corrected chi connectivity index (χ1v) is 6.26. The van der Waals surface area contributed by atoms with E-state index in [1.807, 2.05) is 13.8 Å². The number of amides is 1. The number of carbonyl (C=O) groups is 1. The Hall–Kier alpha value is -1.26. The summed E-state index contributed by atoms with van der Waals surface area (Å²) in [4.78, 5) is 15.5. The minimum atomic E-state index is 0.0616. The van der Waals surface area contributed by atoms with Gasteiger partial charge in [0, 0.05) is 32.1 Å². The number of guanidine groups is 1. The smallest absolute Gasteiger partial charge is 0.221 e. The molecule has 0 fully saturated rings. The minimum Gasteiger partial charge on any atom is -0.356 e. The van der Waals surface area contributed by atoms with Crippen LogP contribution < -0.4 is 16.0 Å². The number of carbonyl (C=O) groups excluding carboxylic acids is 1. The number of nitrogens with one attached hydrogen (secondary N) is 3. The van der Waals surface area contributed by atoms with E-state index in [0.29, 0.717) is 19.0 Å². The molecule has 0 rings (SSSR count). The predicted molar refractivity (Wildman–Crippen MR) is 72.1 cm³/mol. The highest BCUT2D eigenvalue weighted by molar-refractivity contribution is 5.81. The van der Waals surface area contributed by atoms with Gasteiger partial charge in [0.1, 0.15) is 0 Å². The Morgan fingerprint density at radius 3 is 2.35 bits per heavy atom. The van der Waals surface area contributed by atoms with Crippen molar-refractivity contribution in [2.24, 2.45) is 4.99 Å². The highest BCUT2D eigenvalue weighted by Crippen LogP contribution is 1.87. The van der Waals surface area contributed by atoms with Crippen molar-refractivity contribution < 1.29 is 4.79 Å². The molecule has 0 aliphatic heterocycles. The number of hydrogen-bond donors (Lipinski definition) is 3. The summed E-state index contributed by atoms with van der Waals surface area (Å²) in [6.45, 7) is 8.71. The molecule has 0 aliphatic rings. The van der Waals surface area contributed by atoms with Crippen LogP contribution >= 0.6 is 0 Å². The normalized spacial score (nSPS) is 13.4. The van der Waals surface area contributed by atoms with E-state index in [1.165, 1.54) is 0 Å². The fourth-order valence-electron chi connectivity index (χ4n) is 1.22. The van der Waals surface area contributed by atoms with Crippen LogP contribution in [0.2, 0.25) is 0 Å². The molecule has 100 valence electrons. The molecule has 0 bridgehead atoms. The van der Waals surface area contributed by atoms with E-state index in [9.17, 15) is 4.79 Å². The van der Waals surface area contributed by atoms with Crippen LogP contribution in [0.5, 0.6) is 0 Å². The van der Waals surface area contributed by atoms with Crippen molar-refractivity contribution in [3.63, 3.8) is 0 Å². The number of aliphatic imine (C=N–C) groups is 1. The van der Waals surface area contributed by atoms with Crippen LogP contribution in [0.4, 0.5) is 0 Å². The third kappa shape index (κ3) is 8.54. The Morgan fingerprint density at radius 2 is 1.88 bits per heavy atom. The van der Waals surface area contributed by atoms with Gasteiger partial charge in [0.15, 0.2) is 5.96 Å². The molecule has 1 unspecified atom stereocenters. The standard InChI is InChI=1S/C12H26N4O/c1-6-10(4)16-12(13-5)14-8-7-11(17)15-9(2)3/h9-10H,6-8H2,1-5H3,(H,15,17)(H2,13,14,16). The summed E-state index contributed by atoms with van der Waals surface area (Å²) >= 11 is 0. The van der Waals surface area contributed by atoms with E-state index < -0.39 is 0 Å². The van der Waals surface area contributed by atoms with E-state index >= 15 is 0 Å². The number of rotatable bonds is 6. The molecule has 0 saturated carbocycles. The Balaban J connectivity index is 3.81. The molecule has 0 aliphatic carbocycles. The van der Waals surface area contributed by atoms with E-state index in [1.54, 1.807) is 7.05 Å². The van der Waals surface area contributed by atoms with Gasteiger partial charge in [-0.15, -0.1) is 0 Å². The molecule has 0 heterocycles. The molecule has 17 heavy (non-hydrogen) atoms. The van der Waals surface area contributed by atoms with Crippen LogP contribution in [0.25, 0.3) is 0 Å². The van der Waals surface area contributed by atoms with E-state index in [4.69, 9.17) is 0 Å². The van der Waals surface area contributed by atoms with Crippen LogP contribution in [0.1, 0.15) is 40.5 Å². The van der Waals surface area contributed by atoms with Crippen molar-refractivity contribution in [2.45, 2.75) is 52.6 Å². The Kier molecular flexibility index (Phi) is 8.19. The van der Waals surface area contributed by atoms with Crippen molar-refractivity contribution in [1.29, 1.82) is 0 Å². The van der Waals surface area contributed by atoms with Crippen molar-refractivity contribution in [2.75, 3.05) is 13.6 Å². The van der Waals surface area contributed by atoms with Gasteiger partial charge >= 0.3 is 0 Å². The Labute approximate surface area is 104 Å². The van der Waals surface area contributed by atoms with Crippen LogP contribution in [-0.4, -0.2) is 37.5 Å². The Bertz CT molecular complexity index is 251. The first-order chi connectivity index (χ1) is 7.99. The average Bonchev–Trinajstić information content (AvgIpc) is 2.26. The maximum atomic E-state index is 11.4. The summed E-state index contributed by atoms with van der Waals surface area (Å²) in [6, 6.07) is 0.575. The fourth-order valence-corrected chi connectivity index (χ4v) is 1.22. The van der Waals surface area contributed by atoms with E-state index in [2.05, 4.69) is 34.8 Å².